The summed E-state index contributed by atoms with van der Waals surface area (Å²) in [7, 11) is 1.66. The van der Waals surface area contributed by atoms with E-state index in [1.807, 2.05) is 24.3 Å². The zero-order chi connectivity index (χ0) is 14.1. The van der Waals surface area contributed by atoms with Gasteiger partial charge in [-0.05, 0) is 42.8 Å². The standard InChI is InChI=1S/C14H21N3OS/c1-4-12(5-2)16-17-14(19)15-10-11-6-8-13(18-3)9-7-11/h6-9H,4-5,10H2,1-3H3,(H2,15,17,19). The maximum Gasteiger partial charge on any atom is 0.187 e. The van der Waals surface area contributed by atoms with Gasteiger partial charge in [0.2, 0.25) is 0 Å². The van der Waals surface area contributed by atoms with Crippen molar-refractivity contribution in [2.75, 3.05) is 7.11 Å². The van der Waals surface area contributed by atoms with Crippen molar-refractivity contribution in [1.29, 1.82) is 0 Å². The SMILES string of the molecule is CCC(CC)=NNC(=S)NCc1ccc(OC)cc1. The minimum absolute atomic E-state index is 0.537. The molecule has 104 valence electrons. The summed E-state index contributed by atoms with van der Waals surface area (Å²) in [6, 6.07) is 7.86. The molecule has 2 N–H and O–H groups in total. The fraction of sp³-hybridized carbons (Fsp3) is 0.429. The summed E-state index contributed by atoms with van der Waals surface area (Å²) in [5.74, 6) is 0.851. The first kappa shape index (κ1) is 15.4. The molecule has 0 aliphatic carbocycles. The van der Waals surface area contributed by atoms with Crippen molar-refractivity contribution in [2.45, 2.75) is 33.2 Å². The summed E-state index contributed by atoms with van der Waals surface area (Å²) in [4.78, 5) is 0. The van der Waals surface area contributed by atoms with Crippen LogP contribution in [0.4, 0.5) is 0 Å². The molecule has 5 heteroatoms. The second-order valence-electron chi connectivity index (χ2n) is 4.03. The molecule has 0 amide bonds. The number of nitrogens with one attached hydrogen (secondary N) is 2. The summed E-state index contributed by atoms with van der Waals surface area (Å²) >= 11 is 5.16. The number of hydrogen-bond acceptors (Lipinski definition) is 3. The lowest BCUT2D eigenvalue weighted by Crippen LogP contribution is -2.32. The lowest BCUT2D eigenvalue weighted by atomic mass is 10.2. The molecule has 0 radical (unpaired) electrons. The Kier molecular flexibility index (Phi) is 6.89. The van der Waals surface area contributed by atoms with E-state index in [9.17, 15) is 0 Å². The van der Waals surface area contributed by atoms with Gasteiger partial charge in [-0.1, -0.05) is 26.0 Å². The molecule has 1 rings (SSSR count). The van der Waals surface area contributed by atoms with Gasteiger partial charge in [0.25, 0.3) is 0 Å². The molecule has 0 unspecified atom stereocenters. The second-order valence-corrected chi connectivity index (χ2v) is 4.44. The number of benzene rings is 1. The van der Waals surface area contributed by atoms with Crippen molar-refractivity contribution in [3.63, 3.8) is 0 Å². The number of hydrogen-bond donors (Lipinski definition) is 2. The third kappa shape index (κ3) is 5.70. The van der Waals surface area contributed by atoms with E-state index >= 15 is 0 Å². The van der Waals surface area contributed by atoms with Crippen LogP contribution < -0.4 is 15.5 Å². The third-order valence-corrected chi connectivity index (χ3v) is 2.98. The van der Waals surface area contributed by atoms with Crippen LogP contribution in [0.25, 0.3) is 0 Å². The molecule has 0 atom stereocenters. The first-order valence-electron chi connectivity index (χ1n) is 6.41. The number of thiocarbonyl (C=S) groups is 1. The van der Waals surface area contributed by atoms with Gasteiger partial charge in [-0.25, -0.2) is 0 Å². The van der Waals surface area contributed by atoms with Crippen molar-refractivity contribution in [3.05, 3.63) is 29.8 Å². The number of hydrazone groups is 1. The van der Waals surface area contributed by atoms with Gasteiger partial charge < -0.3 is 10.1 Å². The molecule has 0 fully saturated rings. The molecule has 0 saturated heterocycles. The smallest absolute Gasteiger partial charge is 0.187 e. The Bertz CT molecular complexity index is 423. The fourth-order valence-electron chi connectivity index (χ4n) is 1.50. The number of methoxy groups -OCH3 is 1. The van der Waals surface area contributed by atoms with Gasteiger partial charge in [-0.15, -0.1) is 0 Å². The molecule has 19 heavy (non-hydrogen) atoms. The average Bonchev–Trinajstić information content (AvgIpc) is 2.46. The molecule has 0 aromatic heterocycles. The Labute approximate surface area is 120 Å². The van der Waals surface area contributed by atoms with Gasteiger partial charge in [0.05, 0.1) is 7.11 Å². The minimum atomic E-state index is 0.537. The normalized spacial score (nSPS) is 9.63. The van der Waals surface area contributed by atoms with E-state index in [0.29, 0.717) is 11.7 Å². The van der Waals surface area contributed by atoms with E-state index in [0.717, 1.165) is 29.9 Å². The zero-order valence-electron chi connectivity index (χ0n) is 11.7. The Balaban J connectivity index is 2.39. The zero-order valence-corrected chi connectivity index (χ0v) is 12.5. The van der Waals surface area contributed by atoms with Crippen LogP contribution in [0.2, 0.25) is 0 Å². The third-order valence-electron chi connectivity index (χ3n) is 2.74. The van der Waals surface area contributed by atoms with Crippen molar-refractivity contribution in [2.24, 2.45) is 5.10 Å². The van der Waals surface area contributed by atoms with E-state index in [-0.39, 0.29) is 0 Å². The minimum Gasteiger partial charge on any atom is -0.497 e. The Morgan fingerprint density at radius 3 is 2.37 bits per heavy atom. The van der Waals surface area contributed by atoms with Crippen LogP contribution in [0.15, 0.2) is 29.4 Å². The van der Waals surface area contributed by atoms with Gasteiger partial charge in [-0.2, -0.15) is 5.10 Å². The van der Waals surface area contributed by atoms with E-state index in [2.05, 4.69) is 29.7 Å². The summed E-state index contributed by atoms with van der Waals surface area (Å²) < 4.78 is 5.11. The van der Waals surface area contributed by atoms with Crippen molar-refractivity contribution in [3.8, 4) is 5.75 Å². The topological polar surface area (TPSA) is 45.7 Å². The Morgan fingerprint density at radius 1 is 1.21 bits per heavy atom. The summed E-state index contributed by atoms with van der Waals surface area (Å²) in [5, 5.41) is 7.89. The highest BCUT2D eigenvalue weighted by molar-refractivity contribution is 7.80. The van der Waals surface area contributed by atoms with Crippen LogP contribution >= 0.6 is 12.2 Å². The van der Waals surface area contributed by atoms with Gasteiger partial charge in [-0.3, -0.25) is 5.43 Å². The van der Waals surface area contributed by atoms with Gasteiger partial charge in [0, 0.05) is 12.3 Å². The first-order chi connectivity index (χ1) is 9.19. The van der Waals surface area contributed by atoms with Crippen LogP contribution in [-0.4, -0.2) is 17.9 Å². The van der Waals surface area contributed by atoms with Gasteiger partial charge in [0.15, 0.2) is 5.11 Å². The van der Waals surface area contributed by atoms with E-state index in [1.54, 1.807) is 7.11 Å². The van der Waals surface area contributed by atoms with Crippen LogP contribution in [-0.2, 0) is 6.54 Å². The second kappa shape index (κ2) is 8.48. The maximum atomic E-state index is 5.16. The quantitative estimate of drug-likeness (QED) is 0.477. The highest BCUT2D eigenvalue weighted by Gasteiger charge is 1.97. The predicted molar refractivity (Wildman–Crippen MR) is 83.6 cm³/mol. The molecule has 0 heterocycles. The Hall–Kier alpha value is -1.62. The first-order valence-corrected chi connectivity index (χ1v) is 6.82. The summed E-state index contributed by atoms with van der Waals surface area (Å²) in [5.41, 5.74) is 5.11. The lowest BCUT2D eigenvalue weighted by Gasteiger charge is -2.08. The fourth-order valence-corrected chi connectivity index (χ4v) is 1.62. The maximum absolute atomic E-state index is 5.16. The van der Waals surface area contributed by atoms with Gasteiger partial charge >= 0.3 is 0 Å². The van der Waals surface area contributed by atoms with Crippen molar-refractivity contribution < 1.29 is 4.74 Å². The molecule has 4 nitrogen and oxygen atoms in total. The molecule has 0 spiro atoms. The van der Waals surface area contributed by atoms with Gasteiger partial charge in [0.1, 0.15) is 5.75 Å². The highest BCUT2D eigenvalue weighted by atomic mass is 32.1. The summed E-state index contributed by atoms with van der Waals surface area (Å²) in [6.07, 6.45) is 1.87. The molecule has 0 aliphatic heterocycles. The van der Waals surface area contributed by atoms with Crippen LogP contribution in [0.1, 0.15) is 32.3 Å². The van der Waals surface area contributed by atoms with Crippen LogP contribution in [0.5, 0.6) is 5.75 Å². The number of nitrogens with zero attached hydrogens (tertiary/aromatic N) is 1. The van der Waals surface area contributed by atoms with Crippen LogP contribution in [0.3, 0.4) is 0 Å². The molecule has 1 aromatic rings. The van der Waals surface area contributed by atoms with E-state index in [4.69, 9.17) is 17.0 Å². The van der Waals surface area contributed by atoms with Crippen molar-refractivity contribution >= 4 is 23.0 Å². The monoisotopic (exact) mass is 279 g/mol. The highest BCUT2D eigenvalue weighted by Crippen LogP contribution is 2.10. The molecule has 0 bridgehead atoms. The lowest BCUT2D eigenvalue weighted by molar-refractivity contribution is 0.414. The molecular formula is C14H21N3OS. The number of ether oxygens (including phenoxy) is 1. The predicted octanol–water partition coefficient (Wildman–Crippen LogP) is 2.84. The summed E-state index contributed by atoms with van der Waals surface area (Å²) in [6.45, 7) is 4.83. The Morgan fingerprint density at radius 2 is 1.84 bits per heavy atom. The average molecular weight is 279 g/mol. The van der Waals surface area contributed by atoms with Crippen LogP contribution in [0, 0.1) is 0 Å². The largest absolute Gasteiger partial charge is 0.497 e. The van der Waals surface area contributed by atoms with E-state index < -0.39 is 0 Å². The van der Waals surface area contributed by atoms with E-state index in [1.165, 1.54) is 0 Å². The number of rotatable bonds is 6. The van der Waals surface area contributed by atoms with Crippen molar-refractivity contribution in [1.82, 2.24) is 10.7 Å². The molecule has 0 aliphatic rings. The molecular weight excluding hydrogens is 258 g/mol. The molecule has 1 aromatic carbocycles. The molecule has 0 saturated carbocycles.